The van der Waals surface area contributed by atoms with Crippen LogP contribution in [0.3, 0.4) is 0 Å². The van der Waals surface area contributed by atoms with E-state index in [-0.39, 0.29) is 10.5 Å². The minimum Gasteiger partial charge on any atom is -0.452 e. The summed E-state index contributed by atoms with van der Waals surface area (Å²) in [5.41, 5.74) is 0.447. The third-order valence-corrected chi connectivity index (χ3v) is 4.42. The van der Waals surface area contributed by atoms with Gasteiger partial charge < -0.3 is 10.1 Å². The number of amides is 1. The van der Waals surface area contributed by atoms with Gasteiger partial charge in [0, 0.05) is 6.26 Å². The normalized spacial score (nSPS) is 10.9. The summed E-state index contributed by atoms with van der Waals surface area (Å²) < 4.78 is 27.8. The number of nitrogens with one attached hydrogen (secondary N) is 1. The van der Waals surface area contributed by atoms with Gasteiger partial charge in [-0.1, -0.05) is 29.8 Å². The number of ether oxygens (including phenoxy) is 1. The number of hydrogen-bond acceptors (Lipinski definition) is 5. The van der Waals surface area contributed by atoms with Gasteiger partial charge >= 0.3 is 5.97 Å². The Morgan fingerprint density at radius 3 is 2.50 bits per heavy atom. The molecule has 0 fully saturated rings. The lowest BCUT2D eigenvalue weighted by Crippen LogP contribution is -2.21. The molecule has 0 spiro atoms. The molecule has 0 saturated carbocycles. The number of hydrogen-bond donors (Lipinski definition) is 1. The minimum atomic E-state index is -3.44. The maximum atomic E-state index is 11.9. The van der Waals surface area contributed by atoms with Gasteiger partial charge in [0.15, 0.2) is 16.4 Å². The second-order valence-electron chi connectivity index (χ2n) is 4.90. The van der Waals surface area contributed by atoms with E-state index in [2.05, 4.69) is 5.32 Å². The molecule has 126 valence electrons. The van der Waals surface area contributed by atoms with E-state index in [1.165, 1.54) is 24.3 Å². The molecular formula is C16H14ClNO5S. The Labute approximate surface area is 144 Å². The smallest absolute Gasteiger partial charge is 0.338 e. The van der Waals surface area contributed by atoms with Crippen LogP contribution in [0.15, 0.2) is 53.4 Å². The molecule has 0 atom stereocenters. The van der Waals surface area contributed by atoms with Crippen LogP contribution in [0.1, 0.15) is 10.4 Å². The predicted octanol–water partition coefficient (Wildman–Crippen LogP) is 2.54. The summed E-state index contributed by atoms with van der Waals surface area (Å²) in [5.74, 6) is -1.36. The number of para-hydroxylation sites is 1. The Morgan fingerprint density at radius 2 is 1.83 bits per heavy atom. The lowest BCUT2D eigenvalue weighted by atomic mass is 10.2. The van der Waals surface area contributed by atoms with Crippen molar-refractivity contribution in [2.75, 3.05) is 18.2 Å². The van der Waals surface area contributed by atoms with E-state index in [0.717, 1.165) is 6.26 Å². The third-order valence-electron chi connectivity index (χ3n) is 2.98. The second-order valence-corrected chi connectivity index (χ2v) is 7.33. The van der Waals surface area contributed by atoms with Crippen LogP contribution < -0.4 is 5.32 Å². The first-order chi connectivity index (χ1) is 11.3. The largest absolute Gasteiger partial charge is 0.452 e. The van der Waals surface area contributed by atoms with Gasteiger partial charge in [-0.25, -0.2) is 13.2 Å². The summed E-state index contributed by atoms with van der Waals surface area (Å²) in [5, 5.41) is 2.87. The Bertz CT molecular complexity index is 880. The molecular weight excluding hydrogens is 354 g/mol. The SMILES string of the molecule is CS(=O)(=O)c1cccc(C(=O)OCC(=O)Nc2ccccc2Cl)c1. The van der Waals surface area contributed by atoms with Gasteiger partial charge in [0.25, 0.3) is 5.91 Å². The van der Waals surface area contributed by atoms with E-state index < -0.39 is 28.3 Å². The fourth-order valence-electron chi connectivity index (χ4n) is 1.82. The highest BCUT2D eigenvalue weighted by atomic mass is 35.5. The lowest BCUT2D eigenvalue weighted by molar-refractivity contribution is -0.119. The topological polar surface area (TPSA) is 89.5 Å². The van der Waals surface area contributed by atoms with Gasteiger partial charge in [0.05, 0.1) is 21.2 Å². The van der Waals surface area contributed by atoms with Gasteiger partial charge in [0.1, 0.15) is 0 Å². The van der Waals surface area contributed by atoms with Crippen LogP contribution in [0.4, 0.5) is 5.69 Å². The predicted molar refractivity (Wildman–Crippen MR) is 89.9 cm³/mol. The first-order valence-electron chi connectivity index (χ1n) is 6.79. The summed E-state index contributed by atoms with van der Waals surface area (Å²) in [6, 6.07) is 12.0. The molecule has 0 bridgehead atoms. The molecule has 1 N–H and O–H groups in total. The van der Waals surface area contributed by atoms with E-state index in [0.29, 0.717) is 10.7 Å². The van der Waals surface area contributed by atoms with Crippen molar-refractivity contribution in [3.8, 4) is 0 Å². The van der Waals surface area contributed by atoms with E-state index in [9.17, 15) is 18.0 Å². The molecule has 0 saturated heterocycles. The zero-order valence-electron chi connectivity index (χ0n) is 12.7. The second kappa shape index (κ2) is 7.46. The van der Waals surface area contributed by atoms with Crippen molar-refractivity contribution in [1.82, 2.24) is 0 Å². The van der Waals surface area contributed by atoms with E-state index >= 15 is 0 Å². The molecule has 0 aliphatic carbocycles. The maximum absolute atomic E-state index is 11.9. The summed E-state index contributed by atoms with van der Waals surface area (Å²) >= 11 is 5.91. The molecule has 0 aliphatic heterocycles. The molecule has 6 nitrogen and oxygen atoms in total. The van der Waals surface area contributed by atoms with E-state index in [4.69, 9.17) is 16.3 Å². The molecule has 0 unspecified atom stereocenters. The van der Waals surface area contributed by atoms with Crippen LogP contribution >= 0.6 is 11.6 Å². The van der Waals surface area contributed by atoms with Crippen molar-refractivity contribution in [2.24, 2.45) is 0 Å². The highest BCUT2D eigenvalue weighted by Gasteiger charge is 2.14. The first-order valence-corrected chi connectivity index (χ1v) is 9.06. The van der Waals surface area contributed by atoms with Gasteiger partial charge in [-0.15, -0.1) is 0 Å². The van der Waals surface area contributed by atoms with Crippen molar-refractivity contribution in [3.63, 3.8) is 0 Å². The highest BCUT2D eigenvalue weighted by molar-refractivity contribution is 7.90. The van der Waals surface area contributed by atoms with Gasteiger partial charge in [0.2, 0.25) is 0 Å². The van der Waals surface area contributed by atoms with Gasteiger partial charge in [-0.2, -0.15) is 0 Å². The molecule has 0 aromatic heterocycles. The average Bonchev–Trinajstić information content (AvgIpc) is 2.54. The van der Waals surface area contributed by atoms with Crippen molar-refractivity contribution in [2.45, 2.75) is 4.90 Å². The van der Waals surface area contributed by atoms with Crippen molar-refractivity contribution >= 4 is 39.0 Å². The summed E-state index contributed by atoms with van der Waals surface area (Å²) in [6.45, 7) is -0.521. The Balaban J connectivity index is 1.98. The van der Waals surface area contributed by atoms with Crippen LogP contribution in [0.25, 0.3) is 0 Å². The number of rotatable bonds is 5. The summed E-state index contributed by atoms with van der Waals surface area (Å²) in [4.78, 5) is 23.7. The Kier molecular flexibility index (Phi) is 5.58. The fourth-order valence-corrected chi connectivity index (χ4v) is 2.67. The van der Waals surface area contributed by atoms with Crippen LogP contribution in [0, 0.1) is 0 Å². The zero-order valence-corrected chi connectivity index (χ0v) is 14.2. The number of anilines is 1. The standard InChI is InChI=1S/C16H14ClNO5S/c1-24(21,22)12-6-4-5-11(9-12)16(20)23-10-15(19)18-14-8-3-2-7-13(14)17/h2-9H,10H2,1H3,(H,18,19). The van der Waals surface area contributed by atoms with Crippen molar-refractivity contribution in [3.05, 3.63) is 59.1 Å². The summed E-state index contributed by atoms with van der Waals surface area (Å²) in [6.07, 6.45) is 1.04. The van der Waals surface area contributed by atoms with Gasteiger partial charge in [-0.05, 0) is 30.3 Å². The van der Waals surface area contributed by atoms with Gasteiger partial charge in [-0.3, -0.25) is 4.79 Å². The van der Waals surface area contributed by atoms with Crippen LogP contribution in [0.2, 0.25) is 5.02 Å². The molecule has 24 heavy (non-hydrogen) atoms. The Morgan fingerprint density at radius 1 is 1.12 bits per heavy atom. The lowest BCUT2D eigenvalue weighted by Gasteiger charge is -2.08. The van der Waals surface area contributed by atoms with Crippen molar-refractivity contribution in [1.29, 1.82) is 0 Å². The number of carbonyl (C=O) groups excluding carboxylic acids is 2. The van der Waals surface area contributed by atoms with Crippen molar-refractivity contribution < 1.29 is 22.7 Å². The van der Waals surface area contributed by atoms with Crippen LogP contribution in [0.5, 0.6) is 0 Å². The molecule has 2 rings (SSSR count). The zero-order chi connectivity index (χ0) is 17.7. The fraction of sp³-hybridized carbons (Fsp3) is 0.125. The average molecular weight is 368 g/mol. The number of benzene rings is 2. The van der Waals surface area contributed by atoms with E-state index in [1.54, 1.807) is 24.3 Å². The number of sulfone groups is 1. The number of esters is 1. The molecule has 1 amide bonds. The Hall–Kier alpha value is -2.38. The summed E-state index contributed by atoms with van der Waals surface area (Å²) in [7, 11) is -3.44. The maximum Gasteiger partial charge on any atom is 0.338 e. The quantitative estimate of drug-likeness (QED) is 0.820. The molecule has 2 aromatic rings. The number of halogens is 1. The monoisotopic (exact) mass is 367 g/mol. The van der Waals surface area contributed by atoms with Crippen LogP contribution in [-0.4, -0.2) is 33.2 Å². The number of carbonyl (C=O) groups is 2. The minimum absolute atomic E-state index is 0.00234. The first kappa shape index (κ1) is 18.0. The van der Waals surface area contributed by atoms with E-state index in [1.807, 2.05) is 0 Å². The third kappa shape index (κ3) is 4.81. The molecule has 2 aromatic carbocycles. The molecule has 0 aliphatic rings. The molecule has 0 heterocycles. The molecule has 8 heteroatoms. The van der Waals surface area contributed by atoms with Crippen LogP contribution in [-0.2, 0) is 19.4 Å². The highest BCUT2D eigenvalue weighted by Crippen LogP contribution is 2.20. The molecule has 0 radical (unpaired) electrons.